The molecule has 3 nitrogen and oxygen atoms in total. The van der Waals surface area contributed by atoms with E-state index in [0.717, 1.165) is 27.1 Å². The Morgan fingerprint density at radius 2 is 2.11 bits per heavy atom. The number of hydrogen-bond acceptors (Lipinski definition) is 2. The average Bonchev–Trinajstić information content (AvgIpc) is 2.77. The summed E-state index contributed by atoms with van der Waals surface area (Å²) in [5, 5.41) is 0. The molecule has 0 amide bonds. The van der Waals surface area contributed by atoms with Crippen LogP contribution in [0.2, 0.25) is 0 Å². The van der Waals surface area contributed by atoms with Crippen LogP contribution >= 0.6 is 27.5 Å². The molecule has 3 rings (SSSR count). The molecule has 0 unspecified atom stereocenters. The van der Waals surface area contributed by atoms with Crippen LogP contribution in [-0.2, 0) is 6.42 Å². The average molecular weight is 337 g/mol. The first kappa shape index (κ1) is 12.6. The van der Waals surface area contributed by atoms with E-state index < -0.39 is 0 Å². The molecule has 0 atom stereocenters. The number of aromatic nitrogens is 3. The first-order valence-corrected chi connectivity index (χ1v) is 7.26. The minimum atomic E-state index is 0.539. The maximum atomic E-state index is 5.87. The molecule has 19 heavy (non-hydrogen) atoms. The lowest BCUT2D eigenvalue weighted by molar-refractivity contribution is 0.905. The third-order valence-electron chi connectivity index (χ3n) is 2.87. The molecule has 96 valence electrons. The summed E-state index contributed by atoms with van der Waals surface area (Å²) in [6.45, 7) is 0. The second-order valence-electron chi connectivity index (χ2n) is 4.13. The third kappa shape index (κ3) is 2.38. The highest BCUT2D eigenvalue weighted by Crippen LogP contribution is 2.22. The number of nitrogens with zero attached hydrogens (tertiary/aromatic N) is 3. The number of aryl methyl sites for hydroxylation is 1. The zero-order valence-electron chi connectivity index (χ0n) is 10.1. The number of imidazole rings is 1. The zero-order valence-corrected chi connectivity index (χ0v) is 12.4. The van der Waals surface area contributed by atoms with Gasteiger partial charge < -0.3 is 0 Å². The van der Waals surface area contributed by atoms with Crippen LogP contribution in [0.1, 0.15) is 5.82 Å². The van der Waals surface area contributed by atoms with Crippen LogP contribution in [0.3, 0.4) is 0 Å². The standard InChI is InChI=1S/C14H11BrClN3/c15-10-3-1-4-11(9-10)19-13(6-7-16)18-12-5-2-8-17-14(12)19/h1-5,8-9H,6-7H2. The second kappa shape index (κ2) is 5.31. The van der Waals surface area contributed by atoms with Crippen molar-refractivity contribution in [3.8, 4) is 5.69 Å². The van der Waals surface area contributed by atoms with E-state index in [9.17, 15) is 0 Å². The van der Waals surface area contributed by atoms with Crippen molar-refractivity contribution < 1.29 is 0 Å². The Bertz CT molecular complexity index is 724. The summed E-state index contributed by atoms with van der Waals surface area (Å²) in [7, 11) is 0. The molecule has 0 aliphatic heterocycles. The molecule has 0 fully saturated rings. The minimum Gasteiger partial charge on any atom is -0.281 e. The summed E-state index contributed by atoms with van der Waals surface area (Å²) >= 11 is 9.37. The monoisotopic (exact) mass is 335 g/mol. The van der Waals surface area contributed by atoms with Crippen LogP contribution in [0.15, 0.2) is 47.1 Å². The summed E-state index contributed by atoms with van der Waals surface area (Å²) in [6, 6.07) is 11.9. The van der Waals surface area contributed by atoms with E-state index in [1.165, 1.54) is 0 Å². The largest absolute Gasteiger partial charge is 0.281 e. The molecule has 0 aliphatic rings. The van der Waals surface area contributed by atoms with E-state index in [4.69, 9.17) is 11.6 Å². The van der Waals surface area contributed by atoms with E-state index in [-0.39, 0.29) is 0 Å². The number of fused-ring (bicyclic) bond motifs is 1. The number of halogens is 2. The molecule has 0 saturated heterocycles. The molecular formula is C14H11BrClN3. The number of hydrogen-bond donors (Lipinski definition) is 0. The van der Waals surface area contributed by atoms with Gasteiger partial charge in [0.25, 0.3) is 0 Å². The predicted molar refractivity (Wildman–Crippen MR) is 81.0 cm³/mol. The van der Waals surface area contributed by atoms with Gasteiger partial charge in [0.2, 0.25) is 0 Å². The second-order valence-corrected chi connectivity index (χ2v) is 5.42. The van der Waals surface area contributed by atoms with Crippen molar-refractivity contribution in [3.63, 3.8) is 0 Å². The van der Waals surface area contributed by atoms with Crippen molar-refractivity contribution in [2.24, 2.45) is 0 Å². The van der Waals surface area contributed by atoms with Gasteiger partial charge in [0.1, 0.15) is 11.3 Å². The molecule has 5 heteroatoms. The van der Waals surface area contributed by atoms with Crippen LogP contribution in [-0.4, -0.2) is 20.4 Å². The van der Waals surface area contributed by atoms with E-state index in [2.05, 4.69) is 30.5 Å². The van der Waals surface area contributed by atoms with Gasteiger partial charge in [-0.05, 0) is 30.3 Å². The normalized spacial score (nSPS) is 11.1. The summed E-state index contributed by atoms with van der Waals surface area (Å²) in [5.41, 5.74) is 2.79. The maximum Gasteiger partial charge on any atom is 0.164 e. The fraction of sp³-hybridized carbons (Fsp3) is 0.143. The summed E-state index contributed by atoms with van der Waals surface area (Å²) in [4.78, 5) is 9.04. The topological polar surface area (TPSA) is 30.7 Å². The lowest BCUT2D eigenvalue weighted by Crippen LogP contribution is -2.02. The molecule has 0 radical (unpaired) electrons. The van der Waals surface area contributed by atoms with Crippen molar-refractivity contribution in [2.45, 2.75) is 6.42 Å². The van der Waals surface area contributed by atoms with Gasteiger partial charge in [-0.2, -0.15) is 0 Å². The fourth-order valence-corrected chi connectivity index (χ4v) is 2.65. The van der Waals surface area contributed by atoms with Crippen molar-refractivity contribution in [1.29, 1.82) is 0 Å². The molecule has 0 spiro atoms. The fourth-order valence-electron chi connectivity index (χ4n) is 2.10. The molecule has 3 aromatic rings. The van der Waals surface area contributed by atoms with Crippen LogP contribution < -0.4 is 0 Å². The highest BCUT2D eigenvalue weighted by Gasteiger charge is 2.12. The van der Waals surface area contributed by atoms with E-state index in [1.807, 2.05) is 36.4 Å². The van der Waals surface area contributed by atoms with E-state index in [1.54, 1.807) is 6.20 Å². The first-order valence-electron chi connectivity index (χ1n) is 5.94. The Kier molecular flexibility index (Phi) is 3.53. The zero-order chi connectivity index (χ0) is 13.2. The van der Waals surface area contributed by atoms with Gasteiger partial charge in [-0.15, -0.1) is 11.6 Å². The van der Waals surface area contributed by atoms with Gasteiger partial charge >= 0.3 is 0 Å². The van der Waals surface area contributed by atoms with E-state index >= 15 is 0 Å². The van der Waals surface area contributed by atoms with Gasteiger partial charge in [0.05, 0.1) is 0 Å². The highest BCUT2D eigenvalue weighted by molar-refractivity contribution is 9.10. The number of pyridine rings is 1. The molecule has 0 N–H and O–H groups in total. The quantitative estimate of drug-likeness (QED) is 0.678. The van der Waals surface area contributed by atoms with Crippen LogP contribution in [0, 0.1) is 0 Å². The van der Waals surface area contributed by atoms with Crippen LogP contribution in [0.4, 0.5) is 0 Å². The van der Waals surface area contributed by atoms with Crippen LogP contribution in [0.5, 0.6) is 0 Å². The van der Waals surface area contributed by atoms with Crippen LogP contribution in [0.25, 0.3) is 16.9 Å². The van der Waals surface area contributed by atoms with Gasteiger partial charge in [0, 0.05) is 28.7 Å². The molecule has 0 bridgehead atoms. The molecule has 1 aromatic carbocycles. The highest BCUT2D eigenvalue weighted by atomic mass is 79.9. The summed E-state index contributed by atoms with van der Waals surface area (Å²) < 4.78 is 3.09. The summed E-state index contributed by atoms with van der Waals surface area (Å²) in [6.07, 6.45) is 2.49. The van der Waals surface area contributed by atoms with Crippen molar-refractivity contribution in [3.05, 3.63) is 52.9 Å². The Morgan fingerprint density at radius 1 is 1.21 bits per heavy atom. The van der Waals surface area contributed by atoms with Crippen molar-refractivity contribution >= 4 is 38.7 Å². The Balaban J connectivity index is 2.28. The van der Waals surface area contributed by atoms with Gasteiger partial charge in [-0.3, -0.25) is 4.57 Å². The molecule has 0 saturated carbocycles. The Hall–Kier alpha value is -1.39. The third-order valence-corrected chi connectivity index (χ3v) is 3.55. The molecule has 2 heterocycles. The number of benzene rings is 1. The Labute approximate surface area is 124 Å². The van der Waals surface area contributed by atoms with E-state index in [0.29, 0.717) is 12.3 Å². The number of alkyl halides is 1. The number of rotatable bonds is 3. The SMILES string of the molecule is ClCCc1nc2cccnc2n1-c1cccc(Br)c1. The lowest BCUT2D eigenvalue weighted by Gasteiger charge is -2.08. The Morgan fingerprint density at radius 3 is 2.89 bits per heavy atom. The van der Waals surface area contributed by atoms with Gasteiger partial charge in [-0.25, -0.2) is 9.97 Å². The lowest BCUT2D eigenvalue weighted by atomic mass is 10.3. The predicted octanol–water partition coefficient (Wildman–Crippen LogP) is 3.96. The molecule has 2 aromatic heterocycles. The smallest absolute Gasteiger partial charge is 0.164 e. The van der Waals surface area contributed by atoms with Crippen molar-refractivity contribution in [1.82, 2.24) is 14.5 Å². The van der Waals surface area contributed by atoms with Gasteiger partial charge in [0.15, 0.2) is 5.65 Å². The maximum absolute atomic E-state index is 5.87. The van der Waals surface area contributed by atoms with Crippen molar-refractivity contribution in [2.75, 3.05) is 5.88 Å². The molecule has 0 aliphatic carbocycles. The minimum absolute atomic E-state index is 0.539. The summed E-state index contributed by atoms with van der Waals surface area (Å²) in [5.74, 6) is 1.47. The molecular weight excluding hydrogens is 326 g/mol. The first-order chi connectivity index (χ1) is 9.29. The van der Waals surface area contributed by atoms with Gasteiger partial charge in [-0.1, -0.05) is 22.0 Å².